The summed E-state index contributed by atoms with van der Waals surface area (Å²) in [5.41, 5.74) is 2.60. The fraction of sp³-hybridized carbons (Fsp3) is 0. The molecule has 0 aliphatic carbocycles. The van der Waals surface area contributed by atoms with Gasteiger partial charge in [0.25, 0.3) is 0 Å². The van der Waals surface area contributed by atoms with E-state index < -0.39 is 0 Å². The first-order chi connectivity index (χ1) is 20.3. The lowest BCUT2D eigenvalue weighted by Crippen LogP contribution is -1.90. The van der Waals surface area contributed by atoms with Gasteiger partial charge in [0, 0.05) is 20.2 Å². The smallest absolute Gasteiger partial charge is 0.0361 e. The van der Waals surface area contributed by atoms with E-state index >= 15 is 0 Å². The minimum Gasteiger partial charge on any atom is -0.135 e. The van der Waals surface area contributed by atoms with E-state index in [9.17, 15) is 0 Å². The molecule has 0 aliphatic heterocycles. The first kappa shape index (κ1) is 21.8. The second-order valence-electron chi connectivity index (χ2n) is 11.3. The second-order valence-corrected chi connectivity index (χ2v) is 12.4. The molecule has 0 saturated carbocycles. The molecule has 0 N–H and O–H groups in total. The molecule has 1 heteroatoms. The molecule has 0 radical (unpaired) electrons. The van der Waals surface area contributed by atoms with Crippen LogP contribution in [-0.4, -0.2) is 0 Å². The molecule has 1 aromatic heterocycles. The standard InChI is InChI=1S/C40H22S/c1-2-11-29-28(10-1)32-22-33-25(17-18-37-40(33)31-12-3-4-14-36(31)41-37)19-27(32)21-34(29)35-20-26-9-5-7-23-15-16-24-8-6-13-30(35)39(24)38(23)26/h1-22H. The zero-order valence-corrected chi connectivity index (χ0v) is 22.9. The van der Waals surface area contributed by atoms with Crippen molar-refractivity contribution in [1.29, 1.82) is 0 Å². The lowest BCUT2D eigenvalue weighted by Gasteiger charge is -2.17. The van der Waals surface area contributed by atoms with E-state index in [1.165, 1.54) is 95.9 Å². The maximum Gasteiger partial charge on any atom is 0.0361 e. The molecule has 188 valence electrons. The summed E-state index contributed by atoms with van der Waals surface area (Å²) in [5.74, 6) is 0. The fourth-order valence-corrected chi connectivity index (χ4v) is 8.48. The van der Waals surface area contributed by atoms with Crippen LogP contribution >= 0.6 is 11.3 Å². The van der Waals surface area contributed by atoms with Crippen LogP contribution in [0, 0.1) is 0 Å². The molecule has 9 aromatic carbocycles. The van der Waals surface area contributed by atoms with E-state index in [-0.39, 0.29) is 0 Å². The zero-order valence-electron chi connectivity index (χ0n) is 22.1. The summed E-state index contributed by atoms with van der Waals surface area (Å²) >= 11 is 1.89. The maximum absolute atomic E-state index is 2.45. The molecule has 10 rings (SSSR count). The van der Waals surface area contributed by atoms with Gasteiger partial charge in [0.15, 0.2) is 0 Å². The van der Waals surface area contributed by atoms with Gasteiger partial charge in [0.2, 0.25) is 0 Å². The molecule has 0 nitrogen and oxygen atoms in total. The van der Waals surface area contributed by atoms with Crippen LogP contribution in [0.25, 0.3) is 95.9 Å². The highest BCUT2D eigenvalue weighted by Gasteiger charge is 2.17. The van der Waals surface area contributed by atoms with Crippen molar-refractivity contribution in [3.05, 3.63) is 133 Å². The second kappa shape index (κ2) is 7.81. The lowest BCUT2D eigenvalue weighted by atomic mass is 9.86. The molecule has 0 atom stereocenters. The van der Waals surface area contributed by atoms with Crippen molar-refractivity contribution in [2.24, 2.45) is 0 Å². The van der Waals surface area contributed by atoms with Gasteiger partial charge in [-0.15, -0.1) is 11.3 Å². The summed E-state index contributed by atoms with van der Waals surface area (Å²) < 4.78 is 2.70. The minimum atomic E-state index is 1.29. The Kier molecular flexibility index (Phi) is 4.15. The average Bonchev–Trinajstić information content (AvgIpc) is 3.41. The van der Waals surface area contributed by atoms with Crippen LogP contribution in [0.5, 0.6) is 0 Å². The molecule has 1 heterocycles. The third-order valence-corrected chi connectivity index (χ3v) is 10.3. The first-order valence-corrected chi connectivity index (χ1v) is 15.0. The summed E-state index contributed by atoms with van der Waals surface area (Å²) in [4.78, 5) is 0. The quantitative estimate of drug-likeness (QED) is 0.145. The number of hydrogen-bond donors (Lipinski definition) is 0. The summed E-state index contributed by atoms with van der Waals surface area (Å²) in [5, 5.41) is 18.6. The van der Waals surface area contributed by atoms with Gasteiger partial charge >= 0.3 is 0 Å². The topological polar surface area (TPSA) is 0 Å². The van der Waals surface area contributed by atoms with Gasteiger partial charge in [-0.3, -0.25) is 0 Å². The zero-order chi connectivity index (χ0) is 26.7. The van der Waals surface area contributed by atoms with Crippen LogP contribution in [-0.2, 0) is 0 Å². The summed E-state index contributed by atoms with van der Waals surface area (Å²) in [7, 11) is 0. The molecule has 0 aliphatic rings. The van der Waals surface area contributed by atoms with Crippen molar-refractivity contribution < 1.29 is 0 Å². The molecule has 0 spiro atoms. The van der Waals surface area contributed by atoms with Crippen LogP contribution in [0.15, 0.2) is 133 Å². The van der Waals surface area contributed by atoms with Gasteiger partial charge in [-0.2, -0.15) is 0 Å². The largest absolute Gasteiger partial charge is 0.135 e. The molecule has 0 amide bonds. The lowest BCUT2D eigenvalue weighted by molar-refractivity contribution is 1.73. The highest BCUT2D eigenvalue weighted by Crippen LogP contribution is 2.45. The molecule has 0 bridgehead atoms. The van der Waals surface area contributed by atoms with Gasteiger partial charge in [0.1, 0.15) is 0 Å². The van der Waals surface area contributed by atoms with Crippen molar-refractivity contribution in [1.82, 2.24) is 0 Å². The van der Waals surface area contributed by atoms with Crippen molar-refractivity contribution in [2.45, 2.75) is 0 Å². The summed E-state index contributed by atoms with van der Waals surface area (Å²) in [6.07, 6.45) is 0. The molecule has 0 unspecified atom stereocenters. The van der Waals surface area contributed by atoms with E-state index in [1.807, 2.05) is 11.3 Å². The third kappa shape index (κ3) is 2.89. The third-order valence-electron chi connectivity index (χ3n) is 9.13. The van der Waals surface area contributed by atoms with Gasteiger partial charge in [0.05, 0.1) is 0 Å². The van der Waals surface area contributed by atoms with Crippen LogP contribution < -0.4 is 0 Å². The Hall–Kier alpha value is -4.98. The number of benzene rings is 9. The maximum atomic E-state index is 2.45. The Balaban J connectivity index is 1.37. The van der Waals surface area contributed by atoms with E-state index in [4.69, 9.17) is 0 Å². The molecular formula is C40H22S. The van der Waals surface area contributed by atoms with Crippen molar-refractivity contribution in [2.75, 3.05) is 0 Å². The van der Waals surface area contributed by atoms with Gasteiger partial charge in [-0.05, 0) is 112 Å². The Morgan fingerprint density at radius 3 is 1.85 bits per heavy atom. The molecular weight excluding hydrogens is 513 g/mol. The highest BCUT2D eigenvalue weighted by molar-refractivity contribution is 7.26. The monoisotopic (exact) mass is 534 g/mol. The highest BCUT2D eigenvalue weighted by atomic mass is 32.1. The van der Waals surface area contributed by atoms with Crippen molar-refractivity contribution >= 4 is 96.1 Å². The van der Waals surface area contributed by atoms with Gasteiger partial charge in [-0.25, -0.2) is 0 Å². The van der Waals surface area contributed by atoms with Crippen molar-refractivity contribution in [3.63, 3.8) is 0 Å². The SMILES string of the molecule is c1cc2ccc3cccc4c(-c5cc6cc7ccc8sc9ccccc9c8c7cc6c6ccccc56)cc(c1)c2c34. The number of rotatable bonds is 1. The molecule has 41 heavy (non-hydrogen) atoms. The fourth-order valence-electron chi connectivity index (χ4n) is 7.36. The minimum absolute atomic E-state index is 1.29. The van der Waals surface area contributed by atoms with Crippen LogP contribution in [0.4, 0.5) is 0 Å². The van der Waals surface area contributed by atoms with Gasteiger partial charge in [-0.1, -0.05) is 97.1 Å². The predicted octanol–water partition coefficient (Wildman–Crippen LogP) is 12.1. The Labute approximate surface area is 240 Å². The normalized spacial score (nSPS) is 12.4. The Bertz CT molecular complexity index is 2690. The van der Waals surface area contributed by atoms with Gasteiger partial charge < -0.3 is 0 Å². The van der Waals surface area contributed by atoms with Crippen LogP contribution in [0.2, 0.25) is 0 Å². The number of hydrogen-bond acceptors (Lipinski definition) is 1. The summed E-state index contributed by atoms with van der Waals surface area (Å²) in [6.45, 7) is 0. The Morgan fingerprint density at radius 2 is 0.951 bits per heavy atom. The number of fused-ring (bicyclic) bond motifs is 8. The predicted molar refractivity (Wildman–Crippen MR) is 181 cm³/mol. The number of thiophene rings is 1. The van der Waals surface area contributed by atoms with Crippen LogP contribution in [0.1, 0.15) is 0 Å². The summed E-state index contributed by atoms with van der Waals surface area (Å²) in [6, 6.07) is 50.1. The van der Waals surface area contributed by atoms with Crippen LogP contribution in [0.3, 0.4) is 0 Å². The Morgan fingerprint density at radius 1 is 0.293 bits per heavy atom. The first-order valence-electron chi connectivity index (χ1n) is 14.2. The van der Waals surface area contributed by atoms with E-state index in [1.54, 1.807) is 0 Å². The molecule has 0 saturated heterocycles. The van der Waals surface area contributed by atoms with E-state index in [0.29, 0.717) is 0 Å². The average molecular weight is 535 g/mol. The van der Waals surface area contributed by atoms with E-state index in [0.717, 1.165) is 0 Å². The molecule has 10 aromatic rings. The molecule has 0 fully saturated rings. The van der Waals surface area contributed by atoms with E-state index in [2.05, 4.69) is 133 Å². The van der Waals surface area contributed by atoms with Crippen molar-refractivity contribution in [3.8, 4) is 11.1 Å².